The van der Waals surface area contributed by atoms with Crippen molar-refractivity contribution >= 4 is 5.91 Å². The highest BCUT2D eigenvalue weighted by atomic mass is 16.7. The molecule has 64 heavy (non-hydrogen) atoms. The molecule has 0 aliphatic carbocycles. The standard InChI is InChI=1S/C54H103NO9/c1-3-5-7-9-11-13-15-17-19-20-21-22-23-24-25-26-27-29-31-33-35-37-39-41-43-48(58)53(62)55-46(45-63-54-52(61)51(60)50(59)49(44-56)64-54)47(57)42-40-38-36-34-32-30-28-18-16-14-12-10-8-6-4-2/h24-25,40,42,46-52,54,56-61H,3-23,26-39,41,43-45H2,1-2H3,(H,55,62)/b25-24-,42-40+. The molecular formula is C54H103NO9. The van der Waals surface area contributed by atoms with Gasteiger partial charge >= 0.3 is 0 Å². The van der Waals surface area contributed by atoms with E-state index in [4.69, 9.17) is 9.47 Å². The van der Waals surface area contributed by atoms with Crippen LogP contribution < -0.4 is 5.32 Å². The van der Waals surface area contributed by atoms with Gasteiger partial charge in [-0.3, -0.25) is 4.79 Å². The summed E-state index contributed by atoms with van der Waals surface area (Å²) < 4.78 is 11.2. The zero-order valence-electron chi connectivity index (χ0n) is 41.4. The highest BCUT2D eigenvalue weighted by Gasteiger charge is 2.44. The molecule has 1 aliphatic heterocycles. The first-order valence-corrected chi connectivity index (χ1v) is 27.2. The van der Waals surface area contributed by atoms with Gasteiger partial charge in [-0.2, -0.15) is 0 Å². The third-order valence-electron chi connectivity index (χ3n) is 13.1. The highest BCUT2D eigenvalue weighted by Crippen LogP contribution is 2.23. The van der Waals surface area contributed by atoms with Gasteiger partial charge in [-0.25, -0.2) is 0 Å². The average Bonchev–Trinajstić information content (AvgIpc) is 3.29. The molecule has 1 aliphatic rings. The molecule has 10 nitrogen and oxygen atoms in total. The molecule has 7 N–H and O–H groups in total. The first-order valence-electron chi connectivity index (χ1n) is 27.2. The number of allylic oxidation sites excluding steroid dienone is 3. The molecule has 8 unspecified atom stereocenters. The summed E-state index contributed by atoms with van der Waals surface area (Å²) in [7, 11) is 0. The van der Waals surface area contributed by atoms with E-state index in [1.807, 2.05) is 6.08 Å². The van der Waals surface area contributed by atoms with Gasteiger partial charge in [0.05, 0.1) is 25.4 Å². The van der Waals surface area contributed by atoms with Crippen molar-refractivity contribution in [1.29, 1.82) is 0 Å². The van der Waals surface area contributed by atoms with Crippen LogP contribution in [0.15, 0.2) is 24.3 Å². The first kappa shape index (κ1) is 60.6. The van der Waals surface area contributed by atoms with Gasteiger partial charge in [0.1, 0.15) is 30.5 Å². The molecule has 1 amide bonds. The van der Waals surface area contributed by atoms with E-state index in [1.54, 1.807) is 6.08 Å². The molecular weight excluding hydrogens is 807 g/mol. The fraction of sp³-hybridized carbons (Fsp3) is 0.907. The molecule has 1 fully saturated rings. The van der Waals surface area contributed by atoms with Crippen LogP contribution in [0.1, 0.15) is 251 Å². The fourth-order valence-electron chi connectivity index (χ4n) is 8.69. The van der Waals surface area contributed by atoms with Gasteiger partial charge in [-0.05, 0) is 44.9 Å². The zero-order valence-corrected chi connectivity index (χ0v) is 41.4. The topological polar surface area (TPSA) is 169 Å². The largest absolute Gasteiger partial charge is 0.394 e. The van der Waals surface area contributed by atoms with Crippen molar-refractivity contribution in [3.8, 4) is 0 Å². The molecule has 0 saturated carbocycles. The second-order valence-electron chi connectivity index (χ2n) is 19.2. The van der Waals surface area contributed by atoms with Crippen LogP contribution in [-0.2, 0) is 14.3 Å². The molecule has 8 atom stereocenters. The molecule has 0 aromatic heterocycles. The summed E-state index contributed by atoms with van der Waals surface area (Å²) in [5.41, 5.74) is 0. The van der Waals surface area contributed by atoms with Crippen molar-refractivity contribution in [1.82, 2.24) is 5.32 Å². The van der Waals surface area contributed by atoms with Crippen LogP contribution in [0.2, 0.25) is 0 Å². The number of amides is 1. The van der Waals surface area contributed by atoms with Crippen LogP contribution in [0.5, 0.6) is 0 Å². The molecule has 1 rings (SSSR count). The Bertz CT molecular complexity index is 1070. The van der Waals surface area contributed by atoms with Gasteiger partial charge in [0.2, 0.25) is 5.91 Å². The minimum Gasteiger partial charge on any atom is -0.394 e. The molecule has 0 aromatic carbocycles. The quantitative estimate of drug-likeness (QED) is 0.0232. The van der Waals surface area contributed by atoms with Crippen LogP contribution in [-0.4, -0.2) is 98.7 Å². The molecule has 1 saturated heterocycles. The van der Waals surface area contributed by atoms with Gasteiger partial charge in [0, 0.05) is 0 Å². The second-order valence-corrected chi connectivity index (χ2v) is 19.2. The zero-order chi connectivity index (χ0) is 46.7. The maximum absolute atomic E-state index is 13.1. The Morgan fingerprint density at radius 1 is 0.531 bits per heavy atom. The van der Waals surface area contributed by atoms with Crippen LogP contribution in [0.25, 0.3) is 0 Å². The molecule has 0 bridgehead atoms. The van der Waals surface area contributed by atoms with Crippen LogP contribution >= 0.6 is 0 Å². The predicted molar refractivity (Wildman–Crippen MR) is 264 cm³/mol. The lowest BCUT2D eigenvalue weighted by atomic mass is 9.99. The van der Waals surface area contributed by atoms with E-state index in [0.29, 0.717) is 12.8 Å². The molecule has 378 valence electrons. The van der Waals surface area contributed by atoms with Crippen molar-refractivity contribution in [2.75, 3.05) is 13.2 Å². The highest BCUT2D eigenvalue weighted by molar-refractivity contribution is 5.80. The number of aliphatic hydroxyl groups is 6. The third kappa shape index (κ3) is 33.2. The van der Waals surface area contributed by atoms with E-state index in [-0.39, 0.29) is 6.61 Å². The summed E-state index contributed by atoms with van der Waals surface area (Å²) in [6, 6.07) is -0.980. The van der Waals surface area contributed by atoms with Crippen LogP contribution in [0.3, 0.4) is 0 Å². The normalized spacial score (nSPS) is 20.7. The number of carbonyl (C=O) groups is 1. The summed E-state index contributed by atoms with van der Waals surface area (Å²) in [6.45, 7) is 3.63. The van der Waals surface area contributed by atoms with E-state index in [9.17, 15) is 35.4 Å². The van der Waals surface area contributed by atoms with Gasteiger partial charge < -0.3 is 45.4 Å². The average molecular weight is 910 g/mol. The molecule has 10 heteroatoms. The Kier molecular flexibility index (Phi) is 41.8. The molecule has 1 heterocycles. The SMILES string of the molecule is CCCCCCCCCCCCCC/C=C\CCCCCCCCCCC(O)C(=O)NC(COC1OC(CO)C(O)C(O)C1O)C(O)/C=C/CCCCCCCCCCCCCCC. The lowest BCUT2D eigenvalue weighted by molar-refractivity contribution is -0.302. The predicted octanol–water partition coefficient (Wildman–Crippen LogP) is 11.6. The minimum atomic E-state index is -1.61. The number of hydrogen-bond acceptors (Lipinski definition) is 9. The van der Waals surface area contributed by atoms with Gasteiger partial charge in [0.15, 0.2) is 6.29 Å². The third-order valence-corrected chi connectivity index (χ3v) is 13.1. The van der Waals surface area contributed by atoms with Crippen molar-refractivity contribution in [3.05, 3.63) is 24.3 Å². The van der Waals surface area contributed by atoms with Gasteiger partial charge in [-0.15, -0.1) is 0 Å². The summed E-state index contributed by atoms with van der Waals surface area (Å²) in [5.74, 6) is -0.616. The van der Waals surface area contributed by atoms with Crippen LogP contribution in [0, 0.1) is 0 Å². The number of aliphatic hydroxyl groups excluding tert-OH is 6. The van der Waals surface area contributed by atoms with E-state index in [2.05, 4.69) is 31.3 Å². The number of hydrogen-bond donors (Lipinski definition) is 7. The second kappa shape index (κ2) is 44.2. The Balaban J connectivity index is 2.29. The van der Waals surface area contributed by atoms with Crippen LogP contribution in [0.4, 0.5) is 0 Å². The number of rotatable bonds is 46. The molecule has 0 aromatic rings. The Labute approximate surface area is 392 Å². The minimum absolute atomic E-state index is 0.304. The number of carbonyl (C=O) groups excluding carboxylic acids is 1. The fourth-order valence-corrected chi connectivity index (χ4v) is 8.69. The van der Waals surface area contributed by atoms with Crippen molar-refractivity contribution in [2.24, 2.45) is 0 Å². The summed E-state index contributed by atoms with van der Waals surface area (Å²) >= 11 is 0. The van der Waals surface area contributed by atoms with E-state index >= 15 is 0 Å². The van der Waals surface area contributed by atoms with Crippen molar-refractivity contribution in [2.45, 2.75) is 300 Å². The van der Waals surface area contributed by atoms with Gasteiger partial charge in [-0.1, -0.05) is 231 Å². The van der Waals surface area contributed by atoms with Crippen molar-refractivity contribution < 1.29 is 44.9 Å². The smallest absolute Gasteiger partial charge is 0.249 e. The molecule has 0 radical (unpaired) electrons. The lowest BCUT2D eigenvalue weighted by Gasteiger charge is -2.40. The number of unbranched alkanes of at least 4 members (excludes halogenated alkanes) is 33. The van der Waals surface area contributed by atoms with Gasteiger partial charge in [0.25, 0.3) is 0 Å². The number of ether oxygens (including phenoxy) is 2. The molecule has 0 spiro atoms. The lowest BCUT2D eigenvalue weighted by Crippen LogP contribution is -2.60. The van der Waals surface area contributed by atoms with E-state index in [0.717, 1.165) is 38.5 Å². The maximum atomic E-state index is 13.1. The summed E-state index contributed by atoms with van der Waals surface area (Å²) in [4.78, 5) is 13.1. The van der Waals surface area contributed by atoms with Crippen molar-refractivity contribution in [3.63, 3.8) is 0 Å². The monoisotopic (exact) mass is 910 g/mol. The number of nitrogens with one attached hydrogen (secondary N) is 1. The maximum Gasteiger partial charge on any atom is 0.249 e. The first-order chi connectivity index (χ1) is 31.3. The Hall–Kier alpha value is -1.37. The van der Waals surface area contributed by atoms with E-state index < -0.39 is 61.5 Å². The summed E-state index contributed by atoms with van der Waals surface area (Å²) in [6.07, 6.45) is 44.1. The Morgan fingerprint density at radius 2 is 0.906 bits per heavy atom. The van der Waals surface area contributed by atoms with E-state index in [1.165, 1.54) is 186 Å². The Morgan fingerprint density at radius 3 is 1.31 bits per heavy atom. The summed E-state index contributed by atoms with van der Waals surface area (Å²) in [5, 5.41) is 64.9.